The van der Waals surface area contributed by atoms with Gasteiger partial charge in [0, 0.05) is 64.3 Å². The molecule has 2 aromatic rings. The summed E-state index contributed by atoms with van der Waals surface area (Å²) in [6.07, 6.45) is 18.4. The standard InChI is InChI=1S/C33H55N5.C12H20N2O.C3H8.C2H6/c1-10-15-28(21-27(14-5)24-38-19-17-37(9)18-20-38)33(34-8)30-23-35-32(22-29(30)25(6)12-3)36-31(16-11-2)26(7)13-4;1-9(2)6-7-15-12-11(10(3)4)8-13-14(12)5;1-3-2;1-2/h14,16,21-23,25-26H,10-13,15,17-20,24H2,1-9H3,(H,35,36);8-9H,3,6-7H2,1-2,4-5H3;3H2,1-2H3;1-2H3/b27-14+,28-21+,31-16+,34-33?;;;. The topological polar surface area (TPSA) is 70.8 Å². The molecule has 58 heavy (non-hydrogen) atoms. The summed E-state index contributed by atoms with van der Waals surface area (Å²) in [6, 6.07) is 2.27. The summed E-state index contributed by atoms with van der Waals surface area (Å²) in [5.74, 6) is 3.32. The molecule has 0 saturated carbocycles. The predicted octanol–water partition coefficient (Wildman–Crippen LogP) is 13.0. The Hall–Kier alpha value is -3.49. The zero-order valence-electron chi connectivity index (χ0n) is 40.7. The van der Waals surface area contributed by atoms with E-state index in [1.54, 1.807) is 10.9 Å². The molecule has 2 aromatic heterocycles. The summed E-state index contributed by atoms with van der Waals surface area (Å²) >= 11 is 0. The molecule has 1 saturated heterocycles. The van der Waals surface area contributed by atoms with Gasteiger partial charge >= 0.3 is 0 Å². The van der Waals surface area contributed by atoms with E-state index in [9.17, 15) is 0 Å². The average Bonchev–Trinajstić information content (AvgIpc) is 3.59. The van der Waals surface area contributed by atoms with Gasteiger partial charge in [0.15, 0.2) is 0 Å². The molecule has 2 unspecified atom stereocenters. The highest BCUT2D eigenvalue weighted by Crippen LogP contribution is 2.30. The van der Waals surface area contributed by atoms with Crippen molar-refractivity contribution >= 4 is 17.1 Å². The largest absolute Gasteiger partial charge is 0.477 e. The Kier molecular flexibility index (Phi) is 29.5. The fourth-order valence-electron chi connectivity index (χ4n) is 6.28. The van der Waals surface area contributed by atoms with E-state index in [0.29, 0.717) is 17.8 Å². The fourth-order valence-corrected chi connectivity index (χ4v) is 6.28. The average molecular weight is 804 g/mol. The molecule has 1 fully saturated rings. The Balaban J connectivity index is 0.00000134. The quantitative estimate of drug-likeness (QED) is 0.113. The molecular formula is C50H89N7O. The number of nitrogens with one attached hydrogen (secondary N) is 1. The summed E-state index contributed by atoms with van der Waals surface area (Å²) in [7, 11) is 6.04. The van der Waals surface area contributed by atoms with Crippen molar-refractivity contribution in [3.63, 3.8) is 0 Å². The van der Waals surface area contributed by atoms with Crippen molar-refractivity contribution in [2.75, 3.05) is 58.7 Å². The van der Waals surface area contributed by atoms with Crippen LogP contribution in [0, 0.1) is 11.8 Å². The molecule has 0 aliphatic carbocycles. The molecule has 8 nitrogen and oxygen atoms in total. The van der Waals surface area contributed by atoms with Crippen LogP contribution >= 0.6 is 0 Å². The molecular weight excluding hydrogens is 715 g/mol. The Bertz CT molecular complexity index is 1540. The number of aliphatic imine (C=N–C) groups is 1. The van der Waals surface area contributed by atoms with Gasteiger partial charge in [0.1, 0.15) is 5.82 Å². The second-order valence-corrected chi connectivity index (χ2v) is 15.9. The Morgan fingerprint density at radius 3 is 2.10 bits per heavy atom. The van der Waals surface area contributed by atoms with Gasteiger partial charge in [0.25, 0.3) is 0 Å². The van der Waals surface area contributed by atoms with E-state index in [-0.39, 0.29) is 0 Å². The van der Waals surface area contributed by atoms with Gasteiger partial charge < -0.3 is 15.0 Å². The van der Waals surface area contributed by atoms with Gasteiger partial charge in [-0.25, -0.2) is 9.67 Å². The van der Waals surface area contributed by atoms with Crippen LogP contribution in [0.4, 0.5) is 5.82 Å². The third kappa shape index (κ3) is 19.5. The van der Waals surface area contributed by atoms with Crippen LogP contribution in [0.5, 0.6) is 5.88 Å². The molecule has 1 N–H and O–H groups in total. The predicted molar refractivity (Wildman–Crippen MR) is 258 cm³/mol. The molecule has 0 radical (unpaired) electrons. The maximum Gasteiger partial charge on any atom is 0.219 e. The first-order valence-electron chi connectivity index (χ1n) is 22.8. The number of piperazine rings is 1. The lowest BCUT2D eigenvalue weighted by molar-refractivity contribution is 0.164. The number of allylic oxidation sites excluding steroid dienone is 5. The number of anilines is 1. The SMILES string of the molecule is C/C=C(\C=C(/CCC)C(=NC)c1cnc(N/C(=C/CC)C(C)CC)cc1C(C)CC)CN1CCN(C)CC1.C=C(C)c1cnn(C)c1OCCC(C)C.CC.CCC. The number of rotatable bonds is 19. The zero-order valence-corrected chi connectivity index (χ0v) is 40.7. The number of aryl methyl sites for hydroxylation is 1. The first kappa shape index (κ1) is 54.5. The van der Waals surface area contributed by atoms with Crippen molar-refractivity contribution in [2.24, 2.45) is 23.9 Å². The highest BCUT2D eigenvalue weighted by atomic mass is 16.5. The number of aromatic nitrogens is 3. The van der Waals surface area contributed by atoms with E-state index in [1.807, 2.05) is 34.9 Å². The van der Waals surface area contributed by atoms with Crippen molar-refractivity contribution in [2.45, 2.75) is 148 Å². The van der Waals surface area contributed by atoms with Gasteiger partial charge in [0.05, 0.1) is 24.1 Å². The van der Waals surface area contributed by atoms with Crippen LogP contribution in [0.25, 0.3) is 5.57 Å². The van der Waals surface area contributed by atoms with Crippen LogP contribution in [-0.2, 0) is 7.05 Å². The molecule has 3 rings (SSSR count). The van der Waals surface area contributed by atoms with E-state index >= 15 is 0 Å². The third-order valence-electron chi connectivity index (χ3n) is 10.2. The molecule has 0 spiro atoms. The molecule has 8 heteroatoms. The molecule has 0 aromatic carbocycles. The van der Waals surface area contributed by atoms with E-state index in [2.05, 4.69) is 140 Å². The summed E-state index contributed by atoms with van der Waals surface area (Å²) in [4.78, 5) is 14.8. The highest BCUT2D eigenvalue weighted by molar-refractivity contribution is 6.13. The van der Waals surface area contributed by atoms with E-state index in [0.717, 1.165) is 106 Å². The Morgan fingerprint density at radius 1 is 0.966 bits per heavy atom. The molecule has 0 amide bonds. The van der Waals surface area contributed by atoms with Crippen LogP contribution in [-0.4, -0.2) is 83.7 Å². The summed E-state index contributed by atoms with van der Waals surface area (Å²) in [6.45, 7) is 40.5. The molecule has 3 heterocycles. The minimum atomic E-state index is 0.418. The summed E-state index contributed by atoms with van der Waals surface area (Å²) < 4.78 is 7.47. The van der Waals surface area contributed by atoms with Crippen molar-refractivity contribution in [3.8, 4) is 5.88 Å². The van der Waals surface area contributed by atoms with Crippen molar-refractivity contribution in [1.82, 2.24) is 24.6 Å². The summed E-state index contributed by atoms with van der Waals surface area (Å²) in [5.41, 5.74) is 9.53. The van der Waals surface area contributed by atoms with Crippen molar-refractivity contribution in [3.05, 3.63) is 76.8 Å². The minimum absolute atomic E-state index is 0.418. The van der Waals surface area contributed by atoms with Crippen LogP contribution < -0.4 is 10.1 Å². The minimum Gasteiger partial charge on any atom is -0.477 e. The van der Waals surface area contributed by atoms with Crippen LogP contribution in [0.15, 0.2) is 65.1 Å². The third-order valence-corrected chi connectivity index (χ3v) is 10.2. The molecule has 0 bridgehead atoms. The van der Waals surface area contributed by atoms with Crippen LogP contribution in [0.3, 0.4) is 0 Å². The van der Waals surface area contributed by atoms with Gasteiger partial charge in [-0.15, -0.1) is 0 Å². The maximum atomic E-state index is 5.72. The lowest BCUT2D eigenvalue weighted by atomic mass is 9.88. The molecule has 2 atom stereocenters. The normalized spacial score (nSPS) is 15.3. The summed E-state index contributed by atoms with van der Waals surface area (Å²) in [5, 5.41) is 7.82. The number of nitrogens with zero attached hydrogens (tertiary/aromatic N) is 6. The van der Waals surface area contributed by atoms with E-state index in [1.165, 1.54) is 34.4 Å². The number of pyridine rings is 1. The maximum absolute atomic E-state index is 5.72. The molecule has 1 aliphatic rings. The van der Waals surface area contributed by atoms with E-state index in [4.69, 9.17) is 14.7 Å². The van der Waals surface area contributed by atoms with Gasteiger partial charge in [-0.2, -0.15) is 5.10 Å². The van der Waals surface area contributed by atoms with Crippen LogP contribution in [0.2, 0.25) is 0 Å². The number of hydrogen-bond donors (Lipinski definition) is 1. The van der Waals surface area contributed by atoms with Gasteiger partial charge in [-0.3, -0.25) is 9.89 Å². The zero-order chi connectivity index (χ0) is 44.2. The second kappa shape index (κ2) is 31.4. The number of ether oxygens (including phenoxy) is 1. The Morgan fingerprint density at radius 2 is 1.60 bits per heavy atom. The molecule has 1 aliphatic heterocycles. The monoisotopic (exact) mass is 804 g/mol. The van der Waals surface area contributed by atoms with Gasteiger partial charge in [-0.05, 0) is 99.1 Å². The molecule has 330 valence electrons. The smallest absolute Gasteiger partial charge is 0.219 e. The van der Waals surface area contributed by atoms with E-state index < -0.39 is 0 Å². The van der Waals surface area contributed by atoms with Crippen molar-refractivity contribution in [1.29, 1.82) is 0 Å². The lowest BCUT2D eigenvalue weighted by Crippen LogP contribution is -2.44. The van der Waals surface area contributed by atoms with Gasteiger partial charge in [0.2, 0.25) is 5.88 Å². The Labute approximate surface area is 358 Å². The van der Waals surface area contributed by atoms with Crippen molar-refractivity contribution < 1.29 is 4.74 Å². The lowest BCUT2D eigenvalue weighted by Gasteiger charge is -2.32. The first-order chi connectivity index (χ1) is 27.7. The number of hydrogen-bond acceptors (Lipinski definition) is 7. The first-order valence-corrected chi connectivity index (χ1v) is 22.8. The highest BCUT2D eigenvalue weighted by Gasteiger charge is 2.20. The second-order valence-electron chi connectivity index (χ2n) is 15.9. The van der Waals surface area contributed by atoms with Crippen LogP contribution in [0.1, 0.15) is 164 Å². The fraction of sp³-hybridized carbons (Fsp3) is 0.660. The van der Waals surface area contributed by atoms with Gasteiger partial charge in [-0.1, -0.05) is 121 Å². The number of likely N-dealkylation sites (N-methyl/N-ethyl adjacent to an activating group) is 1.